The van der Waals surface area contributed by atoms with Gasteiger partial charge in [0.05, 0.1) is 4.88 Å². The van der Waals surface area contributed by atoms with E-state index in [2.05, 4.69) is 22.8 Å². The van der Waals surface area contributed by atoms with E-state index in [1.165, 1.54) is 12.0 Å². The molecule has 2 bridgehead atoms. The van der Waals surface area contributed by atoms with Gasteiger partial charge in [0.2, 0.25) is 0 Å². The van der Waals surface area contributed by atoms with E-state index in [9.17, 15) is 4.79 Å². The molecular weight excluding hydrogens is 280 g/mol. The number of carbonyl (C=O) groups is 1. The first-order chi connectivity index (χ1) is 10.3. The predicted octanol–water partition coefficient (Wildman–Crippen LogP) is 2.90. The lowest BCUT2D eigenvalue weighted by molar-refractivity contribution is 0.0929. The summed E-state index contributed by atoms with van der Waals surface area (Å²) in [6.45, 7) is 1.05. The third-order valence-electron chi connectivity index (χ3n) is 4.57. The molecule has 4 heteroatoms. The molecule has 1 saturated carbocycles. The Kier molecular flexibility index (Phi) is 3.28. The van der Waals surface area contributed by atoms with Crippen molar-refractivity contribution < 1.29 is 4.79 Å². The average Bonchev–Trinajstić information content (AvgIpc) is 3.24. The summed E-state index contributed by atoms with van der Waals surface area (Å²) in [4.78, 5) is 14.4. The first-order valence-corrected chi connectivity index (χ1v) is 8.31. The SMILES string of the molecule is O=C(NC1CC2CC1CN2)c1ccc(-c2ccccc2)s1. The van der Waals surface area contributed by atoms with Crippen LogP contribution in [0.2, 0.25) is 0 Å². The number of nitrogens with one attached hydrogen (secondary N) is 2. The summed E-state index contributed by atoms with van der Waals surface area (Å²) in [6.07, 6.45) is 2.29. The lowest BCUT2D eigenvalue weighted by Gasteiger charge is -2.23. The van der Waals surface area contributed by atoms with Gasteiger partial charge in [0, 0.05) is 23.5 Å². The number of thiophene rings is 1. The molecule has 0 spiro atoms. The zero-order chi connectivity index (χ0) is 14.2. The monoisotopic (exact) mass is 298 g/mol. The van der Waals surface area contributed by atoms with Crippen molar-refractivity contribution >= 4 is 17.2 Å². The van der Waals surface area contributed by atoms with Gasteiger partial charge in [-0.1, -0.05) is 30.3 Å². The molecule has 2 aliphatic rings. The summed E-state index contributed by atoms with van der Waals surface area (Å²) in [5.74, 6) is 0.701. The number of fused-ring (bicyclic) bond motifs is 2. The fraction of sp³-hybridized carbons (Fsp3) is 0.353. The highest BCUT2D eigenvalue weighted by Crippen LogP contribution is 2.32. The smallest absolute Gasteiger partial charge is 0.261 e. The van der Waals surface area contributed by atoms with E-state index in [4.69, 9.17) is 0 Å². The zero-order valence-corrected chi connectivity index (χ0v) is 12.5. The van der Waals surface area contributed by atoms with Gasteiger partial charge in [-0.05, 0) is 36.5 Å². The van der Waals surface area contributed by atoms with Crippen LogP contribution in [0.5, 0.6) is 0 Å². The van der Waals surface area contributed by atoms with Crippen LogP contribution in [0, 0.1) is 5.92 Å². The molecule has 4 rings (SSSR count). The molecule has 3 unspecified atom stereocenters. The first kappa shape index (κ1) is 13.0. The van der Waals surface area contributed by atoms with Crippen molar-refractivity contribution in [3.05, 3.63) is 47.3 Å². The van der Waals surface area contributed by atoms with Crippen molar-refractivity contribution in [3.8, 4) is 10.4 Å². The molecule has 3 nitrogen and oxygen atoms in total. The lowest BCUT2D eigenvalue weighted by Crippen LogP contribution is -2.43. The summed E-state index contributed by atoms with van der Waals surface area (Å²) in [6, 6.07) is 15.2. The fourth-order valence-corrected chi connectivity index (χ4v) is 4.38. The van der Waals surface area contributed by atoms with Crippen LogP contribution >= 0.6 is 11.3 Å². The van der Waals surface area contributed by atoms with Crippen molar-refractivity contribution in [2.75, 3.05) is 6.54 Å². The highest BCUT2D eigenvalue weighted by Gasteiger charge is 2.40. The number of piperidine rings is 1. The molecule has 2 fully saturated rings. The predicted molar refractivity (Wildman–Crippen MR) is 85.5 cm³/mol. The van der Waals surface area contributed by atoms with Crippen LogP contribution in [-0.4, -0.2) is 24.5 Å². The molecule has 2 aromatic rings. The number of benzene rings is 1. The van der Waals surface area contributed by atoms with E-state index < -0.39 is 0 Å². The minimum absolute atomic E-state index is 0.0831. The minimum Gasteiger partial charge on any atom is -0.348 e. The summed E-state index contributed by atoms with van der Waals surface area (Å²) in [5.41, 5.74) is 1.17. The fourth-order valence-electron chi connectivity index (χ4n) is 3.47. The molecule has 21 heavy (non-hydrogen) atoms. The van der Waals surface area contributed by atoms with Crippen molar-refractivity contribution in [2.24, 2.45) is 5.92 Å². The molecule has 1 aromatic carbocycles. The molecule has 2 N–H and O–H groups in total. The first-order valence-electron chi connectivity index (χ1n) is 7.49. The molecule has 1 aromatic heterocycles. The van der Waals surface area contributed by atoms with Crippen molar-refractivity contribution in [1.29, 1.82) is 0 Å². The van der Waals surface area contributed by atoms with Gasteiger partial charge in [-0.25, -0.2) is 0 Å². The maximum atomic E-state index is 12.4. The maximum Gasteiger partial charge on any atom is 0.261 e. The minimum atomic E-state index is 0.0831. The van der Waals surface area contributed by atoms with Gasteiger partial charge in [-0.2, -0.15) is 0 Å². The van der Waals surface area contributed by atoms with Gasteiger partial charge in [0.25, 0.3) is 5.91 Å². The molecule has 1 aliphatic heterocycles. The quantitative estimate of drug-likeness (QED) is 0.915. The van der Waals surface area contributed by atoms with Gasteiger partial charge in [0.15, 0.2) is 0 Å². The largest absolute Gasteiger partial charge is 0.348 e. The summed E-state index contributed by atoms with van der Waals surface area (Å²) >= 11 is 1.57. The standard InChI is InChI=1S/C17H18N2OS/c20-17(19-14-9-13-8-12(14)10-18-13)16-7-6-15(21-16)11-4-2-1-3-5-11/h1-7,12-14,18H,8-10H2,(H,19,20). The van der Waals surface area contributed by atoms with E-state index in [-0.39, 0.29) is 5.91 Å². The van der Waals surface area contributed by atoms with Crippen LogP contribution in [0.25, 0.3) is 10.4 Å². The molecular formula is C17H18N2OS. The van der Waals surface area contributed by atoms with Gasteiger partial charge in [-0.3, -0.25) is 4.79 Å². The van der Waals surface area contributed by atoms with E-state index in [1.54, 1.807) is 11.3 Å². The topological polar surface area (TPSA) is 41.1 Å². The van der Waals surface area contributed by atoms with Crippen molar-refractivity contribution in [3.63, 3.8) is 0 Å². The lowest BCUT2D eigenvalue weighted by atomic mass is 10.0. The van der Waals surface area contributed by atoms with Crippen molar-refractivity contribution in [1.82, 2.24) is 10.6 Å². The van der Waals surface area contributed by atoms with E-state index in [0.29, 0.717) is 18.0 Å². The second-order valence-corrected chi connectivity index (χ2v) is 7.03. The van der Waals surface area contributed by atoms with E-state index in [0.717, 1.165) is 22.7 Å². The van der Waals surface area contributed by atoms with Crippen molar-refractivity contribution in [2.45, 2.75) is 24.9 Å². The molecule has 1 aliphatic carbocycles. The Bertz CT molecular complexity index is 652. The Morgan fingerprint density at radius 3 is 2.71 bits per heavy atom. The normalized spacial score (nSPS) is 27.0. The Hall–Kier alpha value is -1.65. The molecule has 108 valence electrons. The van der Waals surface area contributed by atoms with E-state index in [1.807, 2.05) is 30.3 Å². The second kappa shape index (κ2) is 5.28. The number of carbonyl (C=O) groups excluding carboxylic acids is 1. The number of hydrogen-bond donors (Lipinski definition) is 2. The number of amides is 1. The Labute approximate surface area is 128 Å². The molecule has 3 atom stereocenters. The van der Waals surface area contributed by atoms with Gasteiger partial charge < -0.3 is 10.6 Å². The van der Waals surface area contributed by atoms with Crippen LogP contribution < -0.4 is 10.6 Å². The number of rotatable bonds is 3. The Morgan fingerprint density at radius 1 is 1.14 bits per heavy atom. The molecule has 2 heterocycles. The summed E-state index contributed by atoms with van der Waals surface area (Å²) < 4.78 is 0. The highest BCUT2D eigenvalue weighted by atomic mass is 32.1. The van der Waals surface area contributed by atoms with Crippen LogP contribution in [0.4, 0.5) is 0 Å². The molecule has 1 saturated heterocycles. The second-order valence-electron chi connectivity index (χ2n) is 5.95. The third kappa shape index (κ3) is 2.49. The zero-order valence-electron chi connectivity index (χ0n) is 11.7. The van der Waals surface area contributed by atoms with Gasteiger partial charge in [-0.15, -0.1) is 11.3 Å². The van der Waals surface area contributed by atoms with E-state index >= 15 is 0 Å². The summed E-state index contributed by atoms with van der Waals surface area (Å²) in [5, 5.41) is 6.70. The van der Waals surface area contributed by atoms with Crippen LogP contribution in [-0.2, 0) is 0 Å². The Morgan fingerprint density at radius 2 is 2.00 bits per heavy atom. The van der Waals surface area contributed by atoms with Crippen LogP contribution in [0.1, 0.15) is 22.5 Å². The van der Waals surface area contributed by atoms with Gasteiger partial charge in [0.1, 0.15) is 0 Å². The Balaban J connectivity index is 1.47. The molecule has 0 radical (unpaired) electrons. The average molecular weight is 298 g/mol. The third-order valence-corrected chi connectivity index (χ3v) is 5.70. The molecule has 1 amide bonds. The number of hydrogen-bond acceptors (Lipinski definition) is 3. The highest BCUT2D eigenvalue weighted by molar-refractivity contribution is 7.17. The van der Waals surface area contributed by atoms with Gasteiger partial charge >= 0.3 is 0 Å². The maximum absolute atomic E-state index is 12.4. The van der Waals surface area contributed by atoms with Crippen LogP contribution in [0.15, 0.2) is 42.5 Å². The van der Waals surface area contributed by atoms with Crippen LogP contribution in [0.3, 0.4) is 0 Å². The summed E-state index contributed by atoms with van der Waals surface area (Å²) in [7, 11) is 0.